The van der Waals surface area contributed by atoms with Crippen LogP contribution in [0.2, 0.25) is 0 Å². The molecule has 1 aromatic carbocycles. The molecule has 0 saturated carbocycles. The lowest BCUT2D eigenvalue weighted by atomic mass is 9.95. The van der Waals surface area contributed by atoms with Gasteiger partial charge in [-0.25, -0.2) is 0 Å². The third-order valence-electron chi connectivity index (χ3n) is 3.81. The number of hydrogen-bond donors (Lipinski definition) is 2. The molecule has 1 fully saturated rings. The Morgan fingerprint density at radius 1 is 1.24 bits per heavy atom. The summed E-state index contributed by atoms with van der Waals surface area (Å²) in [5, 5.41) is 6.14. The number of nitrogens with one attached hydrogen (secondary N) is 2. The predicted octanol–water partition coefficient (Wildman–Crippen LogP) is 0.392. The molecule has 2 N–H and O–H groups in total. The van der Waals surface area contributed by atoms with E-state index in [-0.39, 0.29) is 12.0 Å². The molecule has 21 heavy (non-hydrogen) atoms. The van der Waals surface area contributed by atoms with Crippen molar-refractivity contribution in [2.75, 3.05) is 34.4 Å². The lowest BCUT2D eigenvalue weighted by Gasteiger charge is -2.45. The fourth-order valence-corrected chi connectivity index (χ4v) is 2.67. The number of rotatable bonds is 5. The van der Waals surface area contributed by atoms with Crippen molar-refractivity contribution in [2.45, 2.75) is 17.9 Å². The van der Waals surface area contributed by atoms with Gasteiger partial charge in [-0.2, -0.15) is 0 Å². The van der Waals surface area contributed by atoms with Gasteiger partial charge in [0.2, 0.25) is 0 Å². The third-order valence-corrected chi connectivity index (χ3v) is 3.81. The number of hydrogen-bond acceptors (Lipinski definition) is 5. The predicted molar refractivity (Wildman–Crippen MR) is 78.1 cm³/mol. The number of piperidine rings is 1. The zero-order valence-electron chi connectivity index (χ0n) is 12.6. The summed E-state index contributed by atoms with van der Waals surface area (Å²) in [6, 6.07) is 9.01. The molecular formula is C15H22N2O4. The molecule has 1 aromatic rings. The molecule has 0 aromatic heterocycles. The molecule has 3 unspecified atom stereocenters. The van der Waals surface area contributed by atoms with Crippen LogP contribution in [0.3, 0.4) is 0 Å². The molecule has 1 aliphatic heterocycles. The average Bonchev–Trinajstić information content (AvgIpc) is 2.55. The Labute approximate surface area is 124 Å². The molecule has 3 atom stereocenters. The minimum absolute atomic E-state index is 0.209. The molecule has 0 aliphatic carbocycles. The molecule has 6 nitrogen and oxygen atoms in total. The summed E-state index contributed by atoms with van der Waals surface area (Å²) in [4.78, 5) is 12.4. The van der Waals surface area contributed by atoms with Crippen molar-refractivity contribution in [1.29, 1.82) is 0 Å². The molecule has 2 rings (SSSR count). The van der Waals surface area contributed by atoms with Crippen molar-refractivity contribution in [3.8, 4) is 0 Å². The van der Waals surface area contributed by atoms with Gasteiger partial charge >= 0.3 is 0 Å². The monoisotopic (exact) mass is 294 g/mol. The Bertz CT molecular complexity index is 468. The van der Waals surface area contributed by atoms with Crippen molar-refractivity contribution in [1.82, 2.24) is 10.6 Å². The van der Waals surface area contributed by atoms with E-state index in [0.717, 1.165) is 0 Å². The molecule has 0 radical (unpaired) electrons. The van der Waals surface area contributed by atoms with Crippen LogP contribution in [0.15, 0.2) is 30.3 Å². The zero-order chi connectivity index (χ0) is 15.3. The smallest absolute Gasteiger partial charge is 0.253 e. The summed E-state index contributed by atoms with van der Waals surface area (Å²) in [6.07, 6.45) is -0.610. The van der Waals surface area contributed by atoms with Crippen LogP contribution in [0.25, 0.3) is 0 Å². The number of carbonyl (C=O) groups excluding carboxylic acids is 1. The first-order chi connectivity index (χ1) is 10.2. The maximum absolute atomic E-state index is 12.4. The van der Waals surface area contributed by atoms with Gasteiger partial charge < -0.3 is 24.8 Å². The SMILES string of the molecule is COC1CNCC(NC(=O)c2ccccc2)(OC)C1OC. The second-order valence-corrected chi connectivity index (χ2v) is 4.98. The molecule has 0 spiro atoms. The van der Waals surface area contributed by atoms with Crippen molar-refractivity contribution >= 4 is 5.91 Å². The number of ether oxygens (including phenoxy) is 3. The van der Waals surface area contributed by atoms with E-state index >= 15 is 0 Å². The number of carbonyl (C=O) groups is 1. The first-order valence-corrected chi connectivity index (χ1v) is 6.86. The van der Waals surface area contributed by atoms with E-state index in [0.29, 0.717) is 18.7 Å². The summed E-state index contributed by atoms with van der Waals surface area (Å²) in [5.74, 6) is -0.210. The number of methoxy groups -OCH3 is 3. The Kier molecular flexibility index (Phi) is 5.30. The number of amides is 1. The van der Waals surface area contributed by atoms with Gasteiger partial charge in [-0.3, -0.25) is 4.79 Å². The molecule has 1 saturated heterocycles. The lowest BCUT2D eigenvalue weighted by molar-refractivity contribution is -0.186. The van der Waals surface area contributed by atoms with E-state index in [4.69, 9.17) is 14.2 Å². The van der Waals surface area contributed by atoms with Crippen LogP contribution in [0.1, 0.15) is 10.4 Å². The molecular weight excluding hydrogens is 272 g/mol. The van der Waals surface area contributed by atoms with E-state index in [1.165, 1.54) is 0 Å². The van der Waals surface area contributed by atoms with Gasteiger partial charge in [0.05, 0.1) is 0 Å². The average molecular weight is 294 g/mol. The molecule has 0 bridgehead atoms. The van der Waals surface area contributed by atoms with Crippen molar-refractivity contribution < 1.29 is 19.0 Å². The summed E-state index contributed by atoms with van der Waals surface area (Å²) in [7, 11) is 4.75. The second kappa shape index (κ2) is 7.00. The highest BCUT2D eigenvalue weighted by atomic mass is 16.6. The summed E-state index contributed by atoms with van der Waals surface area (Å²) in [6.45, 7) is 1.09. The minimum atomic E-state index is -0.972. The number of benzene rings is 1. The maximum Gasteiger partial charge on any atom is 0.253 e. The maximum atomic E-state index is 12.4. The van der Waals surface area contributed by atoms with Crippen molar-refractivity contribution in [3.63, 3.8) is 0 Å². The van der Waals surface area contributed by atoms with Crippen LogP contribution in [0, 0.1) is 0 Å². The van der Waals surface area contributed by atoms with Crippen LogP contribution in [0.5, 0.6) is 0 Å². The fourth-order valence-electron chi connectivity index (χ4n) is 2.67. The summed E-state index contributed by atoms with van der Waals surface area (Å²) in [5.41, 5.74) is -0.399. The molecule has 116 valence electrons. The van der Waals surface area contributed by atoms with Crippen LogP contribution in [-0.2, 0) is 14.2 Å². The first kappa shape index (κ1) is 15.9. The van der Waals surface area contributed by atoms with Gasteiger partial charge in [-0.15, -0.1) is 0 Å². The van der Waals surface area contributed by atoms with E-state index in [2.05, 4.69) is 10.6 Å². The Morgan fingerprint density at radius 3 is 2.52 bits per heavy atom. The highest BCUT2D eigenvalue weighted by Crippen LogP contribution is 2.23. The zero-order valence-corrected chi connectivity index (χ0v) is 12.6. The highest BCUT2D eigenvalue weighted by Gasteiger charge is 2.48. The van der Waals surface area contributed by atoms with Crippen molar-refractivity contribution in [3.05, 3.63) is 35.9 Å². The summed E-state index contributed by atoms with van der Waals surface area (Å²) >= 11 is 0. The van der Waals surface area contributed by atoms with Crippen molar-refractivity contribution in [2.24, 2.45) is 0 Å². The van der Waals surface area contributed by atoms with Gasteiger partial charge in [0.1, 0.15) is 12.2 Å². The quantitative estimate of drug-likeness (QED) is 0.769. The Balaban J connectivity index is 2.21. The van der Waals surface area contributed by atoms with Crippen LogP contribution in [0.4, 0.5) is 0 Å². The van der Waals surface area contributed by atoms with Gasteiger partial charge in [-0.05, 0) is 12.1 Å². The summed E-state index contributed by atoms with van der Waals surface area (Å²) < 4.78 is 16.6. The van der Waals surface area contributed by atoms with Crippen LogP contribution < -0.4 is 10.6 Å². The van der Waals surface area contributed by atoms with Gasteiger partial charge in [0.25, 0.3) is 5.91 Å². The van der Waals surface area contributed by atoms with Gasteiger partial charge in [0, 0.05) is 40.0 Å². The third kappa shape index (κ3) is 3.24. The normalized spacial score (nSPS) is 29.1. The van der Waals surface area contributed by atoms with E-state index in [1.54, 1.807) is 33.5 Å². The second-order valence-electron chi connectivity index (χ2n) is 4.98. The first-order valence-electron chi connectivity index (χ1n) is 6.86. The van der Waals surface area contributed by atoms with E-state index < -0.39 is 11.8 Å². The van der Waals surface area contributed by atoms with Gasteiger partial charge in [-0.1, -0.05) is 18.2 Å². The molecule has 6 heteroatoms. The standard InChI is InChI=1S/C15H22N2O4/c1-19-12-9-16-10-15(21-3,13(12)20-2)17-14(18)11-7-5-4-6-8-11/h4-8,12-13,16H,9-10H2,1-3H3,(H,17,18). The molecule has 1 amide bonds. The van der Waals surface area contributed by atoms with E-state index in [9.17, 15) is 4.79 Å². The Hall–Kier alpha value is -1.47. The van der Waals surface area contributed by atoms with Gasteiger partial charge in [0.15, 0.2) is 5.72 Å². The largest absolute Gasteiger partial charge is 0.377 e. The lowest BCUT2D eigenvalue weighted by Crippen LogP contribution is -2.71. The highest BCUT2D eigenvalue weighted by molar-refractivity contribution is 5.94. The Morgan fingerprint density at radius 2 is 1.95 bits per heavy atom. The van der Waals surface area contributed by atoms with Crippen LogP contribution >= 0.6 is 0 Å². The topological polar surface area (TPSA) is 68.8 Å². The molecule has 1 aliphatic rings. The minimum Gasteiger partial charge on any atom is -0.377 e. The van der Waals surface area contributed by atoms with E-state index in [1.807, 2.05) is 18.2 Å². The molecule has 1 heterocycles. The van der Waals surface area contributed by atoms with Crippen LogP contribution in [-0.4, -0.2) is 58.3 Å². The fraction of sp³-hybridized carbons (Fsp3) is 0.533.